The molecule has 3 nitrogen and oxygen atoms in total. The van der Waals surface area contributed by atoms with Gasteiger partial charge in [-0.05, 0) is 30.5 Å². The largest absolute Gasteiger partial charge is 0.396 e. The zero-order chi connectivity index (χ0) is 11.0. The molecule has 0 saturated heterocycles. The van der Waals surface area contributed by atoms with Gasteiger partial charge in [0.25, 0.3) is 0 Å². The predicted octanol–water partition coefficient (Wildman–Crippen LogP) is 2.47. The molecule has 0 saturated carbocycles. The van der Waals surface area contributed by atoms with E-state index in [1.165, 1.54) is 15.8 Å². The first-order chi connectivity index (χ1) is 7.88. The van der Waals surface area contributed by atoms with Gasteiger partial charge >= 0.3 is 0 Å². The molecule has 2 aromatic heterocycles. The Bertz CT molecular complexity index is 626. The molecule has 0 aliphatic rings. The molecule has 0 unspecified atom stereocenters. The number of aliphatic hydroxyl groups is 1. The van der Waals surface area contributed by atoms with Gasteiger partial charge in [-0.2, -0.15) is 0 Å². The molecule has 0 bridgehead atoms. The van der Waals surface area contributed by atoms with Gasteiger partial charge < -0.3 is 5.11 Å². The van der Waals surface area contributed by atoms with Crippen molar-refractivity contribution in [2.45, 2.75) is 12.8 Å². The second-order valence-electron chi connectivity index (χ2n) is 3.81. The summed E-state index contributed by atoms with van der Waals surface area (Å²) in [7, 11) is 0. The van der Waals surface area contributed by atoms with E-state index in [1.54, 1.807) is 11.3 Å². The van der Waals surface area contributed by atoms with Crippen molar-refractivity contribution in [3.63, 3.8) is 0 Å². The Morgan fingerprint density at radius 1 is 1.38 bits per heavy atom. The van der Waals surface area contributed by atoms with Crippen molar-refractivity contribution in [1.82, 2.24) is 9.38 Å². The number of aromatic nitrogens is 2. The molecular weight excluding hydrogens is 220 g/mol. The highest BCUT2D eigenvalue weighted by atomic mass is 32.1. The van der Waals surface area contributed by atoms with Gasteiger partial charge in [-0.3, -0.25) is 4.40 Å². The number of aryl methyl sites for hydroxylation is 1. The molecule has 0 amide bonds. The first-order valence-electron chi connectivity index (χ1n) is 5.34. The first-order valence-corrected chi connectivity index (χ1v) is 6.15. The van der Waals surface area contributed by atoms with Crippen molar-refractivity contribution in [2.75, 3.05) is 6.61 Å². The van der Waals surface area contributed by atoms with Crippen LogP contribution in [0.5, 0.6) is 0 Å². The number of aliphatic hydroxyl groups excluding tert-OH is 1. The minimum atomic E-state index is 0.256. The van der Waals surface area contributed by atoms with Crippen LogP contribution in [-0.2, 0) is 6.42 Å². The number of fused-ring (bicyclic) bond motifs is 3. The maximum Gasteiger partial charge on any atom is 0.194 e. The summed E-state index contributed by atoms with van der Waals surface area (Å²) in [6.45, 7) is 0.256. The molecule has 3 aromatic rings. The average molecular weight is 232 g/mol. The normalized spacial score (nSPS) is 11.6. The number of hydrogen-bond donors (Lipinski definition) is 1. The van der Waals surface area contributed by atoms with Crippen LogP contribution in [0.2, 0.25) is 0 Å². The third-order valence-electron chi connectivity index (χ3n) is 2.72. The van der Waals surface area contributed by atoms with E-state index in [0.29, 0.717) is 0 Å². The number of hydrogen-bond acceptors (Lipinski definition) is 3. The number of imidazole rings is 1. The Morgan fingerprint density at radius 3 is 3.19 bits per heavy atom. The maximum atomic E-state index is 8.81. The van der Waals surface area contributed by atoms with Gasteiger partial charge in [-0.1, -0.05) is 17.4 Å². The van der Waals surface area contributed by atoms with Gasteiger partial charge in [0.1, 0.15) is 0 Å². The van der Waals surface area contributed by atoms with Crippen LogP contribution in [0.15, 0.2) is 30.6 Å². The van der Waals surface area contributed by atoms with Crippen molar-refractivity contribution in [2.24, 2.45) is 0 Å². The summed E-state index contributed by atoms with van der Waals surface area (Å²) >= 11 is 1.71. The van der Waals surface area contributed by atoms with Gasteiger partial charge in [0.2, 0.25) is 0 Å². The van der Waals surface area contributed by atoms with Crippen LogP contribution in [0.1, 0.15) is 12.0 Å². The summed E-state index contributed by atoms with van der Waals surface area (Å²) in [4.78, 5) is 5.33. The quantitative estimate of drug-likeness (QED) is 0.753. The average Bonchev–Trinajstić information content (AvgIpc) is 2.85. The summed E-state index contributed by atoms with van der Waals surface area (Å²) in [6.07, 6.45) is 5.58. The summed E-state index contributed by atoms with van der Waals surface area (Å²) in [6, 6.07) is 6.46. The zero-order valence-electron chi connectivity index (χ0n) is 8.76. The van der Waals surface area contributed by atoms with Crippen LogP contribution in [0.4, 0.5) is 0 Å². The topological polar surface area (TPSA) is 37.5 Å². The van der Waals surface area contributed by atoms with Crippen LogP contribution in [0, 0.1) is 0 Å². The molecule has 2 heterocycles. The van der Waals surface area contributed by atoms with Crippen LogP contribution in [0.3, 0.4) is 0 Å². The fourth-order valence-electron chi connectivity index (χ4n) is 1.92. The van der Waals surface area contributed by atoms with Crippen molar-refractivity contribution in [3.8, 4) is 0 Å². The van der Waals surface area contributed by atoms with Gasteiger partial charge in [0.05, 0.1) is 10.2 Å². The highest BCUT2D eigenvalue weighted by Crippen LogP contribution is 2.26. The second-order valence-corrected chi connectivity index (χ2v) is 4.82. The van der Waals surface area contributed by atoms with E-state index in [4.69, 9.17) is 5.11 Å². The molecular formula is C12H12N2OS. The Hall–Kier alpha value is -1.39. The zero-order valence-corrected chi connectivity index (χ0v) is 9.57. The molecule has 82 valence electrons. The van der Waals surface area contributed by atoms with E-state index in [0.717, 1.165) is 17.8 Å². The molecule has 1 N–H and O–H groups in total. The third-order valence-corrected chi connectivity index (χ3v) is 3.75. The molecule has 0 aliphatic carbocycles. The molecule has 0 fully saturated rings. The minimum Gasteiger partial charge on any atom is -0.396 e. The van der Waals surface area contributed by atoms with E-state index in [1.807, 2.05) is 12.4 Å². The monoisotopic (exact) mass is 232 g/mol. The number of nitrogens with zero attached hydrogens (tertiary/aromatic N) is 2. The minimum absolute atomic E-state index is 0.256. The number of benzene rings is 1. The Kier molecular flexibility index (Phi) is 2.38. The molecule has 4 heteroatoms. The van der Waals surface area contributed by atoms with E-state index in [9.17, 15) is 0 Å². The lowest BCUT2D eigenvalue weighted by Crippen LogP contribution is -1.88. The summed E-state index contributed by atoms with van der Waals surface area (Å²) < 4.78 is 3.37. The van der Waals surface area contributed by atoms with Gasteiger partial charge in [0, 0.05) is 19.0 Å². The molecule has 0 radical (unpaired) electrons. The van der Waals surface area contributed by atoms with E-state index in [-0.39, 0.29) is 6.61 Å². The molecule has 0 spiro atoms. The van der Waals surface area contributed by atoms with E-state index in [2.05, 4.69) is 27.6 Å². The Morgan fingerprint density at radius 2 is 2.31 bits per heavy atom. The van der Waals surface area contributed by atoms with E-state index >= 15 is 0 Å². The van der Waals surface area contributed by atoms with Crippen LogP contribution >= 0.6 is 11.3 Å². The maximum absolute atomic E-state index is 8.81. The smallest absolute Gasteiger partial charge is 0.194 e. The highest BCUT2D eigenvalue weighted by molar-refractivity contribution is 7.23. The molecule has 1 aromatic carbocycles. The van der Waals surface area contributed by atoms with E-state index < -0.39 is 0 Å². The van der Waals surface area contributed by atoms with Crippen LogP contribution < -0.4 is 0 Å². The standard InChI is InChI=1S/C12H12N2OS/c15-7-1-2-9-3-4-10-11(8-9)16-12-13-5-6-14(10)12/h3-6,8,15H,1-2,7H2. The lowest BCUT2D eigenvalue weighted by Gasteiger charge is -1.99. The Labute approximate surface area is 97.0 Å². The summed E-state index contributed by atoms with van der Waals surface area (Å²) in [5.74, 6) is 0. The van der Waals surface area contributed by atoms with Crippen molar-refractivity contribution >= 4 is 26.5 Å². The highest BCUT2D eigenvalue weighted by Gasteiger charge is 2.05. The van der Waals surface area contributed by atoms with Gasteiger partial charge in [-0.25, -0.2) is 4.98 Å². The first kappa shape index (κ1) is 9.81. The van der Waals surface area contributed by atoms with Crippen molar-refractivity contribution in [3.05, 3.63) is 36.2 Å². The second kappa shape index (κ2) is 3.88. The number of rotatable bonds is 3. The lowest BCUT2D eigenvalue weighted by molar-refractivity contribution is 0.288. The predicted molar refractivity (Wildman–Crippen MR) is 66.0 cm³/mol. The lowest BCUT2D eigenvalue weighted by atomic mass is 10.1. The Balaban J connectivity index is 2.10. The van der Waals surface area contributed by atoms with Crippen molar-refractivity contribution in [1.29, 1.82) is 0 Å². The van der Waals surface area contributed by atoms with Crippen LogP contribution in [-0.4, -0.2) is 21.1 Å². The van der Waals surface area contributed by atoms with Gasteiger partial charge in [0.15, 0.2) is 4.96 Å². The molecule has 0 atom stereocenters. The van der Waals surface area contributed by atoms with Crippen molar-refractivity contribution < 1.29 is 5.11 Å². The van der Waals surface area contributed by atoms with Gasteiger partial charge in [-0.15, -0.1) is 0 Å². The molecule has 0 aliphatic heterocycles. The summed E-state index contributed by atoms with van der Waals surface area (Å²) in [5, 5.41) is 8.81. The molecule has 3 rings (SSSR count). The fourth-order valence-corrected chi connectivity index (χ4v) is 2.97. The molecule has 16 heavy (non-hydrogen) atoms. The summed E-state index contributed by atoms with van der Waals surface area (Å²) in [5.41, 5.74) is 2.50. The SMILES string of the molecule is OCCCc1ccc2c(c1)sc1nccn12. The fraction of sp³-hybridized carbons (Fsp3) is 0.250. The third kappa shape index (κ3) is 1.50. The van der Waals surface area contributed by atoms with Crippen LogP contribution in [0.25, 0.3) is 15.2 Å². The number of thiazole rings is 1.